The van der Waals surface area contributed by atoms with Crippen molar-refractivity contribution >= 4 is 26.8 Å². The molecule has 1 saturated heterocycles. The van der Waals surface area contributed by atoms with Crippen molar-refractivity contribution in [1.29, 1.82) is 0 Å². The van der Waals surface area contributed by atoms with Gasteiger partial charge in [0.25, 0.3) is 0 Å². The third-order valence-corrected chi connectivity index (χ3v) is 3.89. The van der Waals surface area contributed by atoms with Gasteiger partial charge < -0.3 is 9.84 Å². The molecule has 18 heavy (non-hydrogen) atoms. The van der Waals surface area contributed by atoms with Gasteiger partial charge in [-0.2, -0.15) is 0 Å². The molecule has 0 aliphatic carbocycles. The van der Waals surface area contributed by atoms with E-state index in [1.807, 2.05) is 18.2 Å². The number of ether oxygens (including phenoxy) is 1. The van der Waals surface area contributed by atoms with Crippen LogP contribution in [0.5, 0.6) is 5.75 Å². The van der Waals surface area contributed by atoms with Gasteiger partial charge in [0.2, 0.25) is 0 Å². The summed E-state index contributed by atoms with van der Waals surface area (Å²) in [6, 6.07) is 7.70. The number of hydrogen-bond donors (Lipinski definition) is 1. The molecule has 0 unspecified atom stereocenters. The number of aromatic hydroxyl groups is 1. The van der Waals surface area contributed by atoms with E-state index in [1.54, 1.807) is 6.07 Å². The second-order valence-electron chi connectivity index (χ2n) is 4.62. The SMILES string of the molecule is Oc1cc2ccc(Br)cc2nc1C1CCOCC1. The molecule has 1 aliphatic heterocycles. The zero-order valence-electron chi connectivity index (χ0n) is 9.90. The molecule has 1 aromatic carbocycles. The van der Waals surface area contributed by atoms with Gasteiger partial charge in [-0.25, -0.2) is 4.98 Å². The second kappa shape index (κ2) is 4.86. The van der Waals surface area contributed by atoms with Crippen molar-refractivity contribution in [3.05, 3.63) is 34.4 Å². The molecule has 0 saturated carbocycles. The normalized spacial score (nSPS) is 17.2. The van der Waals surface area contributed by atoms with Gasteiger partial charge in [0.1, 0.15) is 5.75 Å². The van der Waals surface area contributed by atoms with Gasteiger partial charge in [0, 0.05) is 29.0 Å². The average Bonchev–Trinajstić information content (AvgIpc) is 2.39. The van der Waals surface area contributed by atoms with Crippen LogP contribution in [-0.4, -0.2) is 23.3 Å². The molecule has 0 spiro atoms. The highest BCUT2D eigenvalue weighted by atomic mass is 79.9. The van der Waals surface area contributed by atoms with Gasteiger partial charge in [-0.1, -0.05) is 22.0 Å². The number of rotatable bonds is 1. The lowest BCUT2D eigenvalue weighted by atomic mass is 9.95. The Labute approximate surface area is 114 Å². The van der Waals surface area contributed by atoms with Crippen molar-refractivity contribution in [2.75, 3.05) is 13.2 Å². The lowest BCUT2D eigenvalue weighted by Gasteiger charge is -2.22. The van der Waals surface area contributed by atoms with E-state index >= 15 is 0 Å². The highest BCUT2D eigenvalue weighted by molar-refractivity contribution is 9.10. The zero-order valence-corrected chi connectivity index (χ0v) is 11.5. The van der Waals surface area contributed by atoms with E-state index in [9.17, 15) is 5.11 Å². The maximum absolute atomic E-state index is 10.1. The number of nitrogens with zero attached hydrogens (tertiary/aromatic N) is 1. The quantitative estimate of drug-likeness (QED) is 0.875. The van der Waals surface area contributed by atoms with Crippen molar-refractivity contribution in [2.45, 2.75) is 18.8 Å². The monoisotopic (exact) mass is 307 g/mol. The number of benzene rings is 1. The molecule has 3 nitrogen and oxygen atoms in total. The third-order valence-electron chi connectivity index (χ3n) is 3.40. The number of pyridine rings is 1. The molecule has 2 heterocycles. The first kappa shape index (κ1) is 11.9. The Morgan fingerprint density at radius 1 is 1.22 bits per heavy atom. The summed E-state index contributed by atoms with van der Waals surface area (Å²) in [5.74, 6) is 0.610. The van der Waals surface area contributed by atoms with Crippen molar-refractivity contribution in [3.8, 4) is 5.75 Å². The summed E-state index contributed by atoms with van der Waals surface area (Å²) in [4.78, 5) is 4.62. The Hall–Kier alpha value is -1.13. The van der Waals surface area contributed by atoms with Crippen LogP contribution in [0.2, 0.25) is 0 Å². The van der Waals surface area contributed by atoms with Crippen molar-refractivity contribution in [2.24, 2.45) is 0 Å². The molecule has 4 heteroatoms. The summed E-state index contributed by atoms with van der Waals surface area (Å²) >= 11 is 3.45. The van der Waals surface area contributed by atoms with E-state index in [0.29, 0.717) is 11.7 Å². The Morgan fingerprint density at radius 3 is 2.78 bits per heavy atom. The first-order chi connectivity index (χ1) is 8.74. The van der Waals surface area contributed by atoms with E-state index in [4.69, 9.17) is 4.74 Å². The molecule has 1 N–H and O–H groups in total. The zero-order chi connectivity index (χ0) is 12.5. The van der Waals surface area contributed by atoms with Crippen LogP contribution in [0.15, 0.2) is 28.7 Å². The van der Waals surface area contributed by atoms with Gasteiger partial charge in [0.15, 0.2) is 0 Å². The molecule has 94 valence electrons. The molecule has 0 bridgehead atoms. The summed E-state index contributed by atoms with van der Waals surface area (Å²) < 4.78 is 6.36. The fraction of sp³-hybridized carbons (Fsp3) is 0.357. The molecule has 2 aromatic rings. The van der Waals surface area contributed by atoms with Crippen LogP contribution >= 0.6 is 15.9 Å². The number of hydrogen-bond acceptors (Lipinski definition) is 3. The van der Waals surface area contributed by atoms with Crippen LogP contribution in [0.3, 0.4) is 0 Å². The van der Waals surface area contributed by atoms with Crippen LogP contribution in [0.25, 0.3) is 10.9 Å². The van der Waals surface area contributed by atoms with E-state index in [0.717, 1.165) is 47.1 Å². The van der Waals surface area contributed by atoms with E-state index < -0.39 is 0 Å². The van der Waals surface area contributed by atoms with Crippen LogP contribution in [0, 0.1) is 0 Å². The summed E-state index contributed by atoms with van der Waals surface area (Å²) in [5, 5.41) is 11.1. The Balaban J connectivity index is 2.07. The minimum Gasteiger partial charge on any atom is -0.506 e. The Kier molecular flexibility index (Phi) is 3.22. The smallest absolute Gasteiger partial charge is 0.138 e. The topological polar surface area (TPSA) is 42.4 Å². The molecule has 0 radical (unpaired) electrons. The fourth-order valence-corrected chi connectivity index (χ4v) is 2.76. The van der Waals surface area contributed by atoms with E-state index in [1.165, 1.54) is 0 Å². The highest BCUT2D eigenvalue weighted by Crippen LogP contribution is 2.34. The van der Waals surface area contributed by atoms with Crippen LogP contribution in [-0.2, 0) is 4.74 Å². The molecule has 0 amide bonds. The standard InChI is InChI=1S/C14H14BrNO2/c15-11-2-1-10-7-13(17)14(16-12(10)8-11)9-3-5-18-6-4-9/h1-2,7-9,17H,3-6H2. The predicted molar refractivity (Wildman–Crippen MR) is 73.9 cm³/mol. The van der Waals surface area contributed by atoms with E-state index in [-0.39, 0.29) is 0 Å². The maximum Gasteiger partial charge on any atom is 0.138 e. The van der Waals surface area contributed by atoms with Crippen molar-refractivity contribution in [1.82, 2.24) is 4.98 Å². The largest absolute Gasteiger partial charge is 0.506 e. The molecule has 1 aliphatic rings. The Morgan fingerprint density at radius 2 is 2.00 bits per heavy atom. The summed E-state index contributed by atoms with van der Waals surface area (Å²) in [6.07, 6.45) is 1.86. The summed E-state index contributed by atoms with van der Waals surface area (Å²) in [7, 11) is 0. The van der Waals surface area contributed by atoms with Crippen LogP contribution < -0.4 is 0 Å². The lowest BCUT2D eigenvalue weighted by Crippen LogP contribution is -2.15. The predicted octanol–water partition coefficient (Wildman–Crippen LogP) is 3.60. The maximum atomic E-state index is 10.1. The molecular weight excluding hydrogens is 294 g/mol. The molecular formula is C14H14BrNO2. The van der Waals surface area contributed by atoms with Crippen molar-refractivity contribution < 1.29 is 9.84 Å². The highest BCUT2D eigenvalue weighted by Gasteiger charge is 2.20. The first-order valence-corrected chi connectivity index (χ1v) is 6.90. The fourth-order valence-electron chi connectivity index (χ4n) is 2.42. The molecule has 1 fully saturated rings. The average molecular weight is 308 g/mol. The molecule has 1 aromatic heterocycles. The van der Waals surface area contributed by atoms with Gasteiger partial charge in [-0.3, -0.25) is 0 Å². The molecule has 3 rings (SSSR count). The van der Waals surface area contributed by atoms with Crippen LogP contribution in [0.1, 0.15) is 24.5 Å². The summed E-state index contributed by atoms with van der Waals surface area (Å²) in [5.41, 5.74) is 1.73. The molecule has 0 atom stereocenters. The first-order valence-electron chi connectivity index (χ1n) is 6.11. The number of fused-ring (bicyclic) bond motifs is 1. The lowest BCUT2D eigenvalue weighted by molar-refractivity contribution is 0.0840. The van der Waals surface area contributed by atoms with Gasteiger partial charge in [-0.05, 0) is 31.0 Å². The van der Waals surface area contributed by atoms with Crippen LogP contribution in [0.4, 0.5) is 0 Å². The van der Waals surface area contributed by atoms with Gasteiger partial charge >= 0.3 is 0 Å². The number of aromatic nitrogens is 1. The minimum absolute atomic E-state index is 0.303. The second-order valence-corrected chi connectivity index (χ2v) is 5.53. The minimum atomic E-state index is 0.303. The van der Waals surface area contributed by atoms with E-state index in [2.05, 4.69) is 20.9 Å². The summed E-state index contributed by atoms with van der Waals surface area (Å²) in [6.45, 7) is 1.50. The van der Waals surface area contributed by atoms with Gasteiger partial charge in [-0.15, -0.1) is 0 Å². The Bertz CT molecular complexity index is 579. The third kappa shape index (κ3) is 2.22. The number of halogens is 1. The van der Waals surface area contributed by atoms with Crippen molar-refractivity contribution in [3.63, 3.8) is 0 Å². The van der Waals surface area contributed by atoms with Gasteiger partial charge in [0.05, 0.1) is 11.2 Å².